The lowest BCUT2D eigenvalue weighted by Crippen LogP contribution is -2.27. The number of halogens is 1. The summed E-state index contributed by atoms with van der Waals surface area (Å²) in [5.74, 6) is 1.12. The zero-order valence-electron chi connectivity index (χ0n) is 14.7. The Morgan fingerprint density at radius 3 is 2.61 bits per heavy atom. The van der Waals surface area contributed by atoms with Crippen LogP contribution < -0.4 is 9.64 Å². The molecule has 1 aliphatic heterocycles. The second kappa shape index (κ2) is 7.61. The summed E-state index contributed by atoms with van der Waals surface area (Å²) in [6, 6.07) is 16.8. The Kier molecular flexibility index (Phi) is 5.02. The molecule has 3 aromatic rings. The predicted molar refractivity (Wildman–Crippen MR) is 113 cm³/mol. The lowest BCUT2D eigenvalue weighted by molar-refractivity contribution is -0.113. The number of thioether (sulfide) groups is 1. The van der Waals surface area contributed by atoms with Crippen molar-refractivity contribution in [1.29, 1.82) is 0 Å². The van der Waals surface area contributed by atoms with Gasteiger partial charge in [-0.3, -0.25) is 9.69 Å². The Morgan fingerprint density at radius 2 is 1.86 bits per heavy atom. The molecule has 4 rings (SSSR count). The van der Waals surface area contributed by atoms with Crippen molar-refractivity contribution in [3.05, 3.63) is 77.1 Å². The minimum Gasteiger partial charge on any atom is -0.495 e. The average molecular weight is 411 g/mol. The van der Waals surface area contributed by atoms with E-state index < -0.39 is 0 Å². The Hall–Kier alpha value is -2.90. The smallest absolute Gasteiger partial charge is 0.271 e. The molecule has 0 saturated carbocycles. The zero-order chi connectivity index (χ0) is 19.7. The van der Waals surface area contributed by atoms with Crippen molar-refractivity contribution in [1.82, 2.24) is 0 Å². The fourth-order valence-electron chi connectivity index (χ4n) is 2.82. The number of hydrogen-bond acceptors (Lipinski definition) is 5. The summed E-state index contributed by atoms with van der Waals surface area (Å²) in [5.41, 5.74) is 1.35. The first kappa shape index (κ1) is 18.5. The van der Waals surface area contributed by atoms with Gasteiger partial charge in [0, 0.05) is 11.6 Å². The molecule has 1 saturated heterocycles. The minimum absolute atomic E-state index is 0.237. The van der Waals surface area contributed by atoms with Crippen LogP contribution in [0.5, 0.6) is 5.75 Å². The second-order valence-corrected chi connectivity index (χ2v) is 7.57. The summed E-state index contributed by atoms with van der Waals surface area (Å²) in [7, 11) is 1.55. The van der Waals surface area contributed by atoms with E-state index in [0.29, 0.717) is 32.2 Å². The molecular weight excluding hydrogens is 397 g/mol. The van der Waals surface area contributed by atoms with Gasteiger partial charge in [-0.1, -0.05) is 36.1 Å². The molecule has 0 radical (unpaired) electrons. The van der Waals surface area contributed by atoms with Crippen LogP contribution in [0.4, 0.5) is 10.1 Å². The van der Waals surface area contributed by atoms with Gasteiger partial charge in [0.15, 0.2) is 4.32 Å². The van der Waals surface area contributed by atoms with Gasteiger partial charge in [-0.25, -0.2) is 4.39 Å². The molecule has 28 heavy (non-hydrogen) atoms. The normalized spacial score (nSPS) is 15.5. The fraction of sp³-hybridized carbons (Fsp3) is 0.0476. The molecular formula is C21H14FNO3S2. The molecule has 0 spiro atoms. The maximum absolute atomic E-state index is 13.1. The third-order valence-electron chi connectivity index (χ3n) is 4.15. The SMILES string of the molecule is COc1ccccc1N1C(=O)/C(=C/c2ccc(-c3ccc(F)cc3)o2)SC1=S. The maximum Gasteiger partial charge on any atom is 0.271 e. The van der Waals surface area contributed by atoms with Crippen LogP contribution in [0.1, 0.15) is 5.76 Å². The molecule has 7 heteroatoms. The molecule has 1 fully saturated rings. The first-order chi connectivity index (χ1) is 13.6. The van der Waals surface area contributed by atoms with E-state index in [-0.39, 0.29) is 11.7 Å². The van der Waals surface area contributed by atoms with Gasteiger partial charge < -0.3 is 9.15 Å². The highest BCUT2D eigenvalue weighted by Crippen LogP contribution is 2.40. The van der Waals surface area contributed by atoms with Gasteiger partial charge in [0.2, 0.25) is 0 Å². The Bertz CT molecular complexity index is 1090. The molecule has 0 bridgehead atoms. The number of thiocarbonyl (C=S) groups is 1. The summed E-state index contributed by atoms with van der Waals surface area (Å²) in [6.07, 6.45) is 1.65. The van der Waals surface area contributed by atoms with E-state index in [1.165, 1.54) is 28.8 Å². The first-order valence-corrected chi connectivity index (χ1v) is 9.56. The van der Waals surface area contributed by atoms with Gasteiger partial charge in [-0.15, -0.1) is 0 Å². The molecule has 4 nitrogen and oxygen atoms in total. The number of furan rings is 1. The summed E-state index contributed by atoms with van der Waals surface area (Å²) in [6.45, 7) is 0. The van der Waals surface area contributed by atoms with Crippen LogP contribution >= 0.6 is 24.0 Å². The van der Waals surface area contributed by atoms with Gasteiger partial charge in [-0.2, -0.15) is 0 Å². The molecule has 0 N–H and O–H groups in total. The van der Waals surface area contributed by atoms with Crippen LogP contribution in [0.2, 0.25) is 0 Å². The third-order valence-corrected chi connectivity index (χ3v) is 5.45. The number of methoxy groups -OCH3 is 1. The highest BCUT2D eigenvalue weighted by Gasteiger charge is 2.35. The molecule has 1 aliphatic rings. The van der Waals surface area contributed by atoms with Crippen molar-refractivity contribution >= 4 is 46.0 Å². The van der Waals surface area contributed by atoms with Crippen LogP contribution in [0, 0.1) is 5.82 Å². The van der Waals surface area contributed by atoms with E-state index in [4.69, 9.17) is 21.4 Å². The molecule has 2 heterocycles. The molecule has 140 valence electrons. The first-order valence-electron chi connectivity index (χ1n) is 8.33. The minimum atomic E-state index is -0.310. The van der Waals surface area contributed by atoms with E-state index in [1.54, 1.807) is 49.6 Å². The highest BCUT2D eigenvalue weighted by atomic mass is 32.2. The second-order valence-electron chi connectivity index (χ2n) is 5.90. The number of anilines is 1. The van der Waals surface area contributed by atoms with Crippen molar-refractivity contribution in [2.24, 2.45) is 0 Å². The monoisotopic (exact) mass is 411 g/mol. The topological polar surface area (TPSA) is 42.7 Å². The number of carbonyl (C=O) groups excluding carboxylic acids is 1. The van der Waals surface area contributed by atoms with Crippen molar-refractivity contribution in [3.8, 4) is 17.1 Å². The molecule has 0 atom stereocenters. The number of ether oxygens (including phenoxy) is 1. The van der Waals surface area contributed by atoms with Crippen molar-refractivity contribution in [2.45, 2.75) is 0 Å². The van der Waals surface area contributed by atoms with Crippen molar-refractivity contribution in [3.63, 3.8) is 0 Å². The van der Waals surface area contributed by atoms with Crippen LogP contribution in [0.25, 0.3) is 17.4 Å². The zero-order valence-corrected chi connectivity index (χ0v) is 16.4. The van der Waals surface area contributed by atoms with Crippen LogP contribution in [-0.2, 0) is 4.79 Å². The molecule has 0 unspecified atom stereocenters. The van der Waals surface area contributed by atoms with E-state index in [1.807, 2.05) is 12.1 Å². The number of carbonyl (C=O) groups is 1. The van der Waals surface area contributed by atoms with E-state index >= 15 is 0 Å². The van der Waals surface area contributed by atoms with E-state index in [2.05, 4.69) is 0 Å². The van der Waals surface area contributed by atoms with E-state index in [0.717, 1.165) is 5.56 Å². The van der Waals surface area contributed by atoms with Gasteiger partial charge >= 0.3 is 0 Å². The number of hydrogen-bond donors (Lipinski definition) is 0. The van der Waals surface area contributed by atoms with Gasteiger partial charge in [0.05, 0.1) is 17.7 Å². The number of benzene rings is 2. The Balaban J connectivity index is 1.62. The molecule has 1 amide bonds. The largest absolute Gasteiger partial charge is 0.495 e. The summed E-state index contributed by atoms with van der Waals surface area (Å²) in [5, 5.41) is 0. The number of para-hydroxylation sites is 2. The molecule has 1 aromatic heterocycles. The standard InChI is InChI=1S/C21H14FNO3S2/c1-25-18-5-3-2-4-16(18)23-20(24)19(28-21(23)27)12-15-10-11-17(26-15)13-6-8-14(22)9-7-13/h2-12H,1H3/b19-12-. The Morgan fingerprint density at radius 1 is 1.11 bits per heavy atom. The third kappa shape index (κ3) is 3.46. The van der Waals surface area contributed by atoms with Crippen molar-refractivity contribution in [2.75, 3.05) is 12.0 Å². The van der Waals surface area contributed by atoms with Crippen LogP contribution in [-0.4, -0.2) is 17.3 Å². The number of nitrogens with zero attached hydrogens (tertiary/aromatic N) is 1. The number of rotatable bonds is 4. The van der Waals surface area contributed by atoms with Crippen LogP contribution in [0.3, 0.4) is 0 Å². The van der Waals surface area contributed by atoms with Crippen LogP contribution in [0.15, 0.2) is 70.0 Å². The summed E-state index contributed by atoms with van der Waals surface area (Å²) in [4.78, 5) is 14.8. The maximum atomic E-state index is 13.1. The fourth-order valence-corrected chi connectivity index (χ4v) is 4.08. The lowest BCUT2D eigenvalue weighted by atomic mass is 10.2. The van der Waals surface area contributed by atoms with Gasteiger partial charge in [0.25, 0.3) is 5.91 Å². The quantitative estimate of drug-likeness (QED) is 0.419. The number of amides is 1. The lowest BCUT2D eigenvalue weighted by Gasteiger charge is -2.17. The molecule has 2 aromatic carbocycles. The van der Waals surface area contributed by atoms with Crippen molar-refractivity contribution < 1.29 is 18.3 Å². The Labute approximate surface area is 170 Å². The van der Waals surface area contributed by atoms with Gasteiger partial charge in [-0.05, 0) is 48.5 Å². The highest BCUT2D eigenvalue weighted by molar-refractivity contribution is 8.27. The van der Waals surface area contributed by atoms with E-state index in [9.17, 15) is 9.18 Å². The average Bonchev–Trinajstić information content (AvgIpc) is 3.27. The predicted octanol–water partition coefficient (Wildman–Crippen LogP) is 5.50. The molecule has 0 aliphatic carbocycles. The summed E-state index contributed by atoms with van der Waals surface area (Å²) >= 11 is 6.60. The summed E-state index contributed by atoms with van der Waals surface area (Å²) < 4.78 is 24.6. The van der Waals surface area contributed by atoms with Gasteiger partial charge in [0.1, 0.15) is 23.1 Å².